The van der Waals surface area contributed by atoms with E-state index in [0.717, 1.165) is 6.42 Å². The van der Waals surface area contributed by atoms with E-state index in [1.807, 2.05) is 0 Å². The van der Waals surface area contributed by atoms with Crippen LogP contribution in [0.5, 0.6) is 0 Å². The summed E-state index contributed by atoms with van der Waals surface area (Å²) in [6.07, 6.45) is 4.26. The predicted octanol–water partition coefficient (Wildman–Crippen LogP) is 0.556. The summed E-state index contributed by atoms with van der Waals surface area (Å²) in [5.41, 5.74) is 2.61. The monoisotopic (exact) mass is 94.1 g/mol. The molecule has 0 aliphatic rings. The zero-order valence-corrected chi connectivity index (χ0v) is 4.22. The van der Waals surface area contributed by atoms with Crippen LogP contribution in [-0.4, -0.2) is 12.9 Å². The minimum absolute atomic E-state index is 0.785. The number of hydrogen-bond acceptors (Lipinski definition) is 0. The van der Waals surface area contributed by atoms with E-state index in [-0.39, 0.29) is 0 Å². The molecule has 0 unspecified atom stereocenters. The SMILES string of the molecule is C=C=CCC=[N+]=C. The molecule has 0 aromatic rings. The highest BCUT2D eigenvalue weighted by atomic mass is 14.5. The van der Waals surface area contributed by atoms with E-state index in [1.165, 1.54) is 0 Å². The van der Waals surface area contributed by atoms with Crippen molar-refractivity contribution in [3.8, 4) is 0 Å². The van der Waals surface area contributed by atoms with Crippen molar-refractivity contribution < 1.29 is 0 Å². The second-order valence-electron chi connectivity index (χ2n) is 1.01. The lowest BCUT2D eigenvalue weighted by Gasteiger charge is -1.56. The van der Waals surface area contributed by atoms with Crippen LogP contribution in [0.25, 0.3) is 0 Å². The highest BCUT2D eigenvalue weighted by Gasteiger charge is 1.70. The zero-order chi connectivity index (χ0) is 5.54. The third kappa shape index (κ3) is 4.97. The summed E-state index contributed by atoms with van der Waals surface area (Å²) in [5, 5.41) is 0. The summed E-state index contributed by atoms with van der Waals surface area (Å²) in [7, 11) is 0. The first-order valence-corrected chi connectivity index (χ1v) is 2.03. The number of allylic oxidation sites excluding steroid dienone is 1. The fraction of sp³-hybridized carbons (Fsp3) is 0.167. The molecule has 0 fully saturated rings. The molecule has 7 heavy (non-hydrogen) atoms. The normalized spacial score (nSPS) is 5.71. The molecule has 0 spiro atoms. The molecule has 0 radical (unpaired) electrons. The fourth-order valence-corrected chi connectivity index (χ4v) is 0.211. The van der Waals surface area contributed by atoms with Gasteiger partial charge in [0.2, 0.25) is 0 Å². The molecule has 0 N–H and O–H groups in total. The zero-order valence-electron chi connectivity index (χ0n) is 4.22. The fourth-order valence-electron chi connectivity index (χ4n) is 0.211. The summed E-state index contributed by atoms with van der Waals surface area (Å²) < 4.78 is 3.50. The van der Waals surface area contributed by atoms with Gasteiger partial charge in [-0.25, -0.2) is 0 Å². The molecule has 0 rings (SSSR count). The van der Waals surface area contributed by atoms with Crippen molar-refractivity contribution in [2.24, 2.45) is 0 Å². The van der Waals surface area contributed by atoms with E-state index in [4.69, 9.17) is 0 Å². The van der Waals surface area contributed by atoms with E-state index >= 15 is 0 Å². The Morgan fingerprint density at radius 1 is 1.71 bits per heavy atom. The van der Waals surface area contributed by atoms with Crippen LogP contribution in [0.15, 0.2) is 18.4 Å². The van der Waals surface area contributed by atoms with E-state index in [0.29, 0.717) is 0 Å². The van der Waals surface area contributed by atoms with Gasteiger partial charge in [-0.1, -0.05) is 6.58 Å². The summed E-state index contributed by atoms with van der Waals surface area (Å²) in [6.45, 7) is 6.63. The summed E-state index contributed by atoms with van der Waals surface area (Å²) in [6, 6.07) is 0. The molecule has 1 heteroatoms. The summed E-state index contributed by atoms with van der Waals surface area (Å²) >= 11 is 0. The molecule has 0 aromatic carbocycles. The van der Waals surface area contributed by atoms with Gasteiger partial charge in [-0.05, 0) is 6.08 Å². The minimum Gasteiger partial charge on any atom is -0.132 e. The van der Waals surface area contributed by atoms with Crippen molar-refractivity contribution in [3.05, 3.63) is 18.4 Å². The van der Waals surface area contributed by atoms with E-state index < -0.39 is 0 Å². The quantitative estimate of drug-likeness (QED) is 0.269. The van der Waals surface area contributed by atoms with Gasteiger partial charge in [0.05, 0.1) is 6.42 Å². The van der Waals surface area contributed by atoms with Crippen molar-refractivity contribution >= 4 is 12.9 Å². The minimum atomic E-state index is 0.785. The van der Waals surface area contributed by atoms with Crippen LogP contribution in [0.4, 0.5) is 0 Å². The molecule has 0 aromatic heterocycles. The van der Waals surface area contributed by atoms with Gasteiger partial charge in [0.25, 0.3) is 12.9 Å². The molecule has 0 aliphatic heterocycles. The van der Waals surface area contributed by atoms with Gasteiger partial charge in [0, 0.05) is 0 Å². The van der Waals surface area contributed by atoms with Gasteiger partial charge >= 0.3 is 0 Å². The predicted molar refractivity (Wildman–Crippen MR) is 33.6 cm³/mol. The molecular formula is C6H8N+. The molecule has 0 saturated heterocycles. The molecule has 0 saturated carbocycles. The third-order valence-corrected chi connectivity index (χ3v) is 0.497. The summed E-state index contributed by atoms with van der Waals surface area (Å²) in [5.74, 6) is 0. The Kier molecular flexibility index (Phi) is 4.24. The topological polar surface area (TPSA) is 14.1 Å². The van der Waals surface area contributed by atoms with Gasteiger partial charge in [0.15, 0.2) is 0 Å². The van der Waals surface area contributed by atoms with E-state index in [2.05, 4.69) is 23.7 Å². The average Bonchev–Trinajstić information content (AvgIpc) is 1.69. The molecule has 0 bridgehead atoms. The Labute approximate surface area is 43.4 Å². The molecule has 1 nitrogen and oxygen atoms in total. The van der Waals surface area contributed by atoms with Crippen LogP contribution in [0.2, 0.25) is 0 Å². The maximum Gasteiger partial charge on any atom is 0.272 e. The molecule has 0 aliphatic carbocycles. The first-order valence-electron chi connectivity index (χ1n) is 2.03. The first-order chi connectivity index (χ1) is 3.41. The lowest BCUT2D eigenvalue weighted by Crippen LogP contribution is -1.70. The van der Waals surface area contributed by atoms with E-state index in [1.54, 1.807) is 12.3 Å². The van der Waals surface area contributed by atoms with Crippen molar-refractivity contribution in [3.63, 3.8) is 0 Å². The second kappa shape index (κ2) is 4.97. The van der Waals surface area contributed by atoms with Crippen LogP contribution in [-0.2, 0) is 0 Å². The Morgan fingerprint density at radius 2 is 2.43 bits per heavy atom. The molecule has 0 atom stereocenters. The first kappa shape index (κ1) is 5.97. The van der Waals surface area contributed by atoms with Gasteiger partial charge in [-0.2, -0.15) is 0 Å². The van der Waals surface area contributed by atoms with Crippen LogP contribution >= 0.6 is 0 Å². The molecule has 0 heterocycles. The lowest BCUT2D eigenvalue weighted by atomic mass is 10.4. The van der Waals surface area contributed by atoms with Gasteiger partial charge in [-0.15, -0.1) is 10.4 Å². The van der Waals surface area contributed by atoms with Crippen LogP contribution in [0, 0.1) is 0 Å². The van der Waals surface area contributed by atoms with Gasteiger partial charge < -0.3 is 0 Å². The smallest absolute Gasteiger partial charge is 0.132 e. The Balaban J connectivity index is 3.33. The van der Waals surface area contributed by atoms with Gasteiger partial charge in [-0.3, -0.25) is 0 Å². The van der Waals surface area contributed by atoms with Crippen molar-refractivity contribution in [1.82, 2.24) is 4.67 Å². The van der Waals surface area contributed by atoms with Gasteiger partial charge in [0.1, 0.15) is 0 Å². The molecule has 0 amide bonds. The third-order valence-electron chi connectivity index (χ3n) is 0.497. The molecular weight excluding hydrogens is 86.1 g/mol. The van der Waals surface area contributed by atoms with Crippen LogP contribution < -0.4 is 4.67 Å². The Morgan fingerprint density at radius 3 is 2.86 bits per heavy atom. The largest absolute Gasteiger partial charge is 0.272 e. The van der Waals surface area contributed by atoms with Crippen molar-refractivity contribution in [1.29, 1.82) is 0 Å². The second-order valence-corrected chi connectivity index (χ2v) is 1.01. The highest BCUT2D eigenvalue weighted by molar-refractivity contribution is 5.59. The lowest BCUT2D eigenvalue weighted by molar-refractivity contribution is 1.51. The highest BCUT2D eigenvalue weighted by Crippen LogP contribution is 1.67. The Bertz CT molecular complexity index is 107. The number of hydrogen-bond donors (Lipinski definition) is 0. The van der Waals surface area contributed by atoms with Crippen LogP contribution in [0.3, 0.4) is 0 Å². The standard InChI is InChI=1S/C6H8N/c1-3-4-5-6-7-2/h4,6H,1-2,5H2/q+1. The number of nitrogens with zero attached hydrogens (tertiary/aromatic N) is 1. The summed E-state index contributed by atoms with van der Waals surface area (Å²) in [4.78, 5) is 0. The number of rotatable bonds is 2. The maximum absolute atomic E-state index is 3.50. The average molecular weight is 94.1 g/mol. The van der Waals surface area contributed by atoms with E-state index in [9.17, 15) is 0 Å². The van der Waals surface area contributed by atoms with Crippen molar-refractivity contribution in [2.75, 3.05) is 0 Å². The molecule has 36 valence electrons. The maximum atomic E-state index is 3.50. The van der Waals surface area contributed by atoms with Crippen LogP contribution in [0.1, 0.15) is 6.42 Å². The Hall–Kier alpha value is -1.03. The van der Waals surface area contributed by atoms with Crippen molar-refractivity contribution in [2.45, 2.75) is 6.42 Å².